The second-order valence-corrected chi connectivity index (χ2v) is 13.5. The zero-order valence-corrected chi connectivity index (χ0v) is 29.3. The van der Waals surface area contributed by atoms with Crippen LogP contribution in [0.2, 0.25) is 0 Å². The number of imidazole rings is 1. The average Bonchev–Trinajstić information content (AvgIpc) is 3.54. The molecule has 2 heterocycles. The van der Waals surface area contributed by atoms with Crippen LogP contribution in [0.15, 0.2) is 114 Å². The molecule has 0 fully saturated rings. The molecule has 6 nitrogen and oxygen atoms in total. The summed E-state index contributed by atoms with van der Waals surface area (Å²) in [7, 11) is 0. The Kier molecular flexibility index (Phi) is 8.07. The Bertz CT molecular complexity index is 2380. The van der Waals surface area contributed by atoms with E-state index in [9.17, 15) is 4.79 Å². The predicted octanol–water partition coefficient (Wildman–Crippen LogP) is 9.87. The third-order valence-corrected chi connectivity index (χ3v) is 10.4. The highest BCUT2D eigenvalue weighted by molar-refractivity contribution is 6.18. The maximum absolute atomic E-state index is 14.8. The fourth-order valence-corrected chi connectivity index (χ4v) is 7.97. The Morgan fingerprint density at radius 1 is 0.840 bits per heavy atom. The van der Waals surface area contributed by atoms with Gasteiger partial charge in [0.15, 0.2) is 0 Å². The molecule has 3 atom stereocenters. The molecule has 0 bridgehead atoms. The van der Waals surface area contributed by atoms with Crippen LogP contribution in [0.5, 0.6) is 11.5 Å². The average molecular weight is 663 g/mol. The van der Waals surface area contributed by atoms with E-state index < -0.39 is 0 Å². The maximum atomic E-state index is 14.8. The van der Waals surface area contributed by atoms with Gasteiger partial charge in [0.25, 0.3) is 5.56 Å². The minimum absolute atomic E-state index is 0.0114. The first-order valence-corrected chi connectivity index (χ1v) is 17.8. The van der Waals surface area contributed by atoms with Gasteiger partial charge in [0, 0.05) is 40.2 Å². The van der Waals surface area contributed by atoms with Gasteiger partial charge in [-0.25, -0.2) is 4.98 Å². The number of benzene rings is 4. The first-order valence-electron chi connectivity index (χ1n) is 17.8. The highest BCUT2D eigenvalue weighted by Gasteiger charge is 2.35. The van der Waals surface area contributed by atoms with Crippen LogP contribution in [0.25, 0.3) is 43.9 Å². The topological polar surface area (TPSA) is 62.1 Å². The number of ether oxygens (including phenoxy) is 3. The van der Waals surface area contributed by atoms with E-state index in [1.165, 1.54) is 5.56 Å². The molecule has 0 spiro atoms. The van der Waals surface area contributed by atoms with E-state index >= 15 is 0 Å². The van der Waals surface area contributed by atoms with Gasteiger partial charge in [0.1, 0.15) is 17.1 Å². The lowest BCUT2D eigenvalue weighted by atomic mass is 9.76. The van der Waals surface area contributed by atoms with E-state index in [0.29, 0.717) is 30.9 Å². The largest absolute Gasteiger partial charge is 0.494 e. The molecule has 252 valence electrons. The van der Waals surface area contributed by atoms with Gasteiger partial charge < -0.3 is 14.2 Å². The molecule has 2 aliphatic carbocycles. The molecule has 50 heavy (non-hydrogen) atoms. The van der Waals surface area contributed by atoms with Crippen molar-refractivity contribution in [3.63, 3.8) is 0 Å². The summed E-state index contributed by atoms with van der Waals surface area (Å²) >= 11 is 0. The van der Waals surface area contributed by atoms with Crippen molar-refractivity contribution in [1.29, 1.82) is 0 Å². The molecule has 0 radical (unpaired) electrons. The second kappa shape index (κ2) is 12.6. The summed E-state index contributed by atoms with van der Waals surface area (Å²) in [6.45, 7) is 12.2. The lowest BCUT2D eigenvalue weighted by Gasteiger charge is -2.31. The zero-order chi connectivity index (χ0) is 34.6. The molecule has 0 N–H and O–H groups in total. The summed E-state index contributed by atoms with van der Waals surface area (Å²) in [5, 5.41) is 3.65. The molecule has 0 saturated heterocycles. The molecule has 3 unspecified atom stereocenters. The van der Waals surface area contributed by atoms with Crippen LogP contribution in [-0.4, -0.2) is 34.8 Å². The van der Waals surface area contributed by atoms with Crippen molar-refractivity contribution in [2.45, 2.75) is 58.5 Å². The summed E-state index contributed by atoms with van der Waals surface area (Å²) < 4.78 is 19.4. The fraction of sp³-hybridized carbons (Fsp3) is 0.273. The Hall–Kier alpha value is -5.20. The molecular formula is C44H42N2O4. The first kappa shape index (κ1) is 32.0. The van der Waals surface area contributed by atoms with Gasteiger partial charge in [-0.3, -0.25) is 9.20 Å². The highest BCUT2D eigenvalue weighted by Crippen LogP contribution is 2.47. The number of hydrogen-bond acceptors (Lipinski definition) is 5. The number of aromatic nitrogens is 2. The number of fused-ring (bicyclic) bond motifs is 4. The fourth-order valence-electron chi connectivity index (χ4n) is 7.97. The van der Waals surface area contributed by atoms with Crippen LogP contribution >= 0.6 is 0 Å². The number of allylic oxidation sites excluding steroid dienone is 4. The number of hydrogen-bond donors (Lipinski definition) is 0. The van der Waals surface area contributed by atoms with E-state index in [1.807, 2.05) is 61.6 Å². The Balaban J connectivity index is 1.34. The maximum Gasteiger partial charge on any atom is 0.264 e. The van der Waals surface area contributed by atoms with E-state index in [2.05, 4.69) is 80.6 Å². The lowest BCUT2D eigenvalue weighted by Crippen LogP contribution is -2.27. The van der Waals surface area contributed by atoms with Gasteiger partial charge >= 0.3 is 0 Å². The minimum atomic E-state index is -0.347. The van der Waals surface area contributed by atoms with E-state index in [0.717, 1.165) is 67.7 Å². The van der Waals surface area contributed by atoms with E-state index in [4.69, 9.17) is 19.2 Å². The quantitative estimate of drug-likeness (QED) is 0.154. The van der Waals surface area contributed by atoms with Crippen LogP contribution < -0.4 is 15.0 Å². The summed E-state index contributed by atoms with van der Waals surface area (Å²) in [6.07, 6.45) is 9.70. The molecule has 0 amide bonds. The Morgan fingerprint density at radius 3 is 2.20 bits per heavy atom. The third-order valence-electron chi connectivity index (χ3n) is 10.4. The second-order valence-electron chi connectivity index (χ2n) is 13.5. The molecule has 0 aliphatic heterocycles. The molecule has 4 aromatic carbocycles. The Labute approximate surface area is 292 Å². The van der Waals surface area contributed by atoms with Crippen molar-refractivity contribution >= 4 is 32.8 Å². The van der Waals surface area contributed by atoms with E-state index in [-0.39, 0.29) is 23.0 Å². The summed E-state index contributed by atoms with van der Waals surface area (Å²) in [6, 6.07) is 26.9. The molecular weight excluding hydrogens is 620 g/mol. The van der Waals surface area contributed by atoms with Gasteiger partial charge in [-0.1, -0.05) is 73.7 Å². The SMILES string of the molecule is CCOc1ccc(-c2ccc3c4c2cccc4c(=O)n2c4c(nc32)C(C2=CCC(C)(OCC)C=C2)=CC(c2ccc(OCC)cc2)C4C)cc1. The standard InChI is InChI=1S/C44H42N2O4/c1-6-48-31-16-12-28(13-17-31)33-20-21-35-39-34(33)10-9-11-36(39)43(47)46-41-27(4)37(29-14-18-32(19-15-29)49-7-2)26-38(40(41)45-42(35)46)30-22-24-44(5,25-23-30)50-8-3/h9-24,26-27,37H,6-8,25H2,1-5H3. The van der Waals surface area contributed by atoms with Crippen LogP contribution in [-0.2, 0) is 4.74 Å². The summed E-state index contributed by atoms with van der Waals surface area (Å²) in [4.78, 5) is 20.1. The summed E-state index contributed by atoms with van der Waals surface area (Å²) in [5.41, 5.74) is 7.61. The molecule has 6 heteroatoms. The predicted molar refractivity (Wildman–Crippen MR) is 203 cm³/mol. The van der Waals surface area contributed by atoms with E-state index in [1.54, 1.807) is 0 Å². The van der Waals surface area contributed by atoms with Gasteiger partial charge in [-0.05, 0) is 98.2 Å². The van der Waals surface area contributed by atoms with Crippen LogP contribution in [0, 0.1) is 0 Å². The van der Waals surface area contributed by atoms with Crippen LogP contribution in [0.3, 0.4) is 0 Å². The van der Waals surface area contributed by atoms with Crippen molar-refractivity contribution in [1.82, 2.24) is 9.38 Å². The number of rotatable bonds is 9. The third kappa shape index (κ3) is 5.21. The van der Waals surface area contributed by atoms with Crippen molar-refractivity contribution in [3.8, 4) is 22.6 Å². The van der Waals surface area contributed by atoms with Crippen molar-refractivity contribution in [3.05, 3.63) is 136 Å². The Morgan fingerprint density at radius 2 is 1.54 bits per heavy atom. The van der Waals surface area contributed by atoms with Gasteiger partial charge in [0.05, 0.1) is 30.2 Å². The number of pyridine rings is 1. The number of nitrogens with zero attached hydrogens (tertiary/aromatic N) is 2. The van der Waals surface area contributed by atoms with Crippen LogP contribution in [0.1, 0.15) is 69.8 Å². The lowest BCUT2D eigenvalue weighted by molar-refractivity contribution is 0.0152. The zero-order valence-electron chi connectivity index (χ0n) is 29.3. The highest BCUT2D eigenvalue weighted by atomic mass is 16.5. The van der Waals surface area contributed by atoms with Gasteiger partial charge in [-0.15, -0.1) is 0 Å². The van der Waals surface area contributed by atoms with Gasteiger partial charge in [-0.2, -0.15) is 0 Å². The van der Waals surface area contributed by atoms with Crippen molar-refractivity contribution in [2.75, 3.05) is 19.8 Å². The van der Waals surface area contributed by atoms with Crippen LogP contribution in [0.4, 0.5) is 0 Å². The monoisotopic (exact) mass is 662 g/mol. The summed E-state index contributed by atoms with van der Waals surface area (Å²) in [5.74, 6) is 1.70. The first-order chi connectivity index (χ1) is 24.3. The molecule has 6 aromatic rings. The normalized spacial score (nSPS) is 20.3. The van der Waals surface area contributed by atoms with Crippen molar-refractivity contribution in [2.24, 2.45) is 0 Å². The molecule has 8 rings (SSSR count). The molecule has 2 aromatic heterocycles. The minimum Gasteiger partial charge on any atom is -0.494 e. The van der Waals surface area contributed by atoms with Gasteiger partial charge in [0.2, 0.25) is 0 Å². The molecule has 2 aliphatic rings. The molecule has 0 saturated carbocycles. The smallest absolute Gasteiger partial charge is 0.264 e. The van der Waals surface area contributed by atoms with Crippen molar-refractivity contribution < 1.29 is 14.2 Å².